The van der Waals surface area contributed by atoms with Crippen molar-refractivity contribution in [3.63, 3.8) is 0 Å². The lowest BCUT2D eigenvalue weighted by Crippen LogP contribution is -2.18. The number of hydrogen-bond acceptors (Lipinski definition) is 5. The monoisotopic (exact) mass is 563 g/mol. The van der Waals surface area contributed by atoms with Crippen molar-refractivity contribution >= 4 is 79.2 Å². The van der Waals surface area contributed by atoms with Crippen LogP contribution in [0.1, 0.15) is 21.2 Å². The first-order chi connectivity index (χ1) is 18.0. The fourth-order valence-corrected chi connectivity index (χ4v) is 6.01. The molecule has 0 spiro atoms. The van der Waals surface area contributed by atoms with Crippen molar-refractivity contribution in [1.29, 1.82) is 0 Å². The van der Waals surface area contributed by atoms with E-state index in [1.54, 1.807) is 24.3 Å². The summed E-state index contributed by atoms with van der Waals surface area (Å²) in [5.74, 6) is -0.496. The van der Waals surface area contributed by atoms with Crippen molar-refractivity contribution in [2.45, 2.75) is 10.1 Å². The predicted molar refractivity (Wildman–Crippen MR) is 154 cm³/mol. The lowest BCUT2D eigenvalue weighted by Gasteiger charge is -2.16. The van der Waals surface area contributed by atoms with Gasteiger partial charge in [0.25, 0.3) is 5.91 Å². The van der Waals surface area contributed by atoms with Crippen LogP contribution in [0.4, 0.5) is 10.8 Å². The van der Waals surface area contributed by atoms with Crippen LogP contribution in [0, 0.1) is 0 Å². The zero-order valence-electron chi connectivity index (χ0n) is 19.2. The standard InChI is InChI=1S/C28H19Cl2N3O2S2/c29-18-10-15-21(22(30)16-18)26(34)31-19-11-13-20(14-12-19)36-25(17-6-2-1-3-7-17)27(35)33-28-32-23-8-4-5-9-24(23)37-28/h1-16,25H,(H,31,34)(H,32,33,35). The number of amides is 2. The summed E-state index contributed by atoms with van der Waals surface area (Å²) in [6, 6.07) is 29.4. The van der Waals surface area contributed by atoms with Crippen LogP contribution in [0.3, 0.4) is 0 Å². The molecule has 2 amide bonds. The van der Waals surface area contributed by atoms with Crippen molar-refractivity contribution in [1.82, 2.24) is 4.98 Å². The van der Waals surface area contributed by atoms with Gasteiger partial charge >= 0.3 is 0 Å². The molecule has 0 bridgehead atoms. The van der Waals surface area contributed by atoms with Crippen LogP contribution in [-0.2, 0) is 4.79 Å². The molecule has 0 radical (unpaired) electrons. The molecule has 0 saturated heterocycles. The second-order valence-electron chi connectivity index (χ2n) is 7.99. The number of hydrogen-bond donors (Lipinski definition) is 2. The lowest BCUT2D eigenvalue weighted by molar-refractivity contribution is -0.115. The van der Waals surface area contributed by atoms with Crippen molar-refractivity contribution < 1.29 is 9.59 Å². The Morgan fingerprint density at radius 2 is 1.57 bits per heavy atom. The highest BCUT2D eigenvalue weighted by molar-refractivity contribution is 8.00. The number of nitrogens with zero attached hydrogens (tertiary/aromatic N) is 1. The largest absolute Gasteiger partial charge is 0.322 e. The van der Waals surface area contributed by atoms with Gasteiger partial charge in [0.1, 0.15) is 5.25 Å². The number of para-hydroxylation sites is 1. The second kappa shape index (κ2) is 11.4. The Morgan fingerprint density at radius 1 is 0.838 bits per heavy atom. The van der Waals surface area contributed by atoms with Gasteiger partial charge in [0.2, 0.25) is 5.91 Å². The van der Waals surface area contributed by atoms with Crippen molar-refractivity contribution in [3.8, 4) is 0 Å². The van der Waals surface area contributed by atoms with E-state index >= 15 is 0 Å². The van der Waals surface area contributed by atoms with Gasteiger partial charge in [-0.1, -0.05) is 77.0 Å². The minimum absolute atomic E-state index is 0.162. The zero-order valence-corrected chi connectivity index (χ0v) is 22.3. The topological polar surface area (TPSA) is 71.1 Å². The fourth-order valence-electron chi connectivity index (χ4n) is 3.62. The molecule has 2 N–H and O–H groups in total. The van der Waals surface area contributed by atoms with Gasteiger partial charge in [0.05, 0.1) is 20.8 Å². The third kappa shape index (κ3) is 6.14. The van der Waals surface area contributed by atoms with E-state index in [1.165, 1.54) is 29.2 Å². The molecule has 1 atom stereocenters. The van der Waals surface area contributed by atoms with E-state index in [1.807, 2.05) is 66.7 Å². The fraction of sp³-hybridized carbons (Fsp3) is 0.0357. The summed E-state index contributed by atoms with van der Waals surface area (Å²) in [5, 5.41) is 6.62. The van der Waals surface area contributed by atoms with Crippen LogP contribution in [0.25, 0.3) is 10.2 Å². The van der Waals surface area contributed by atoms with Crippen molar-refractivity contribution in [2.24, 2.45) is 0 Å². The Morgan fingerprint density at radius 3 is 2.30 bits per heavy atom. The number of thiazole rings is 1. The van der Waals surface area contributed by atoms with E-state index in [-0.39, 0.29) is 16.8 Å². The molecule has 0 aliphatic carbocycles. The third-order valence-electron chi connectivity index (χ3n) is 5.41. The number of benzene rings is 4. The third-order valence-corrected chi connectivity index (χ3v) is 8.17. The quantitative estimate of drug-likeness (QED) is 0.195. The highest BCUT2D eigenvalue weighted by atomic mass is 35.5. The van der Waals surface area contributed by atoms with E-state index in [0.717, 1.165) is 20.7 Å². The van der Waals surface area contributed by atoms with Crippen LogP contribution >= 0.6 is 46.3 Å². The molecule has 184 valence electrons. The first kappa shape index (κ1) is 25.3. The molecule has 1 heterocycles. The maximum Gasteiger partial charge on any atom is 0.257 e. The summed E-state index contributed by atoms with van der Waals surface area (Å²) in [4.78, 5) is 31.4. The molecule has 0 aliphatic rings. The summed E-state index contributed by atoms with van der Waals surface area (Å²) in [6.45, 7) is 0. The molecule has 9 heteroatoms. The maximum atomic E-state index is 13.4. The van der Waals surface area contributed by atoms with Crippen molar-refractivity contribution in [2.75, 3.05) is 10.6 Å². The number of halogens is 2. The smallest absolute Gasteiger partial charge is 0.257 e. The van der Waals surface area contributed by atoms with E-state index in [9.17, 15) is 9.59 Å². The van der Waals surface area contributed by atoms with Crippen LogP contribution in [-0.4, -0.2) is 16.8 Å². The van der Waals surface area contributed by atoms with Gasteiger partial charge in [-0.25, -0.2) is 4.98 Å². The number of anilines is 2. The minimum Gasteiger partial charge on any atom is -0.322 e. The molecule has 1 unspecified atom stereocenters. The summed E-state index contributed by atoms with van der Waals surface area (Å²) in [5.41, 5.74) is 2.67. The van der Waals surface area contributed by atoms with Gasteiger partial charge in [-0.2, -0.15) is 0 Å². The molecule has 0 fully saturated rings. The number of carbonyl (C=O) groups is 2. The van der Waals surface area contributed by atoms with Gasteiger partial charge in [0.15, 0.2) is 5.13 Å². The van der Waals surface area contributed by atoms with E-state index < -0.39 is 5.25 Å². The van der Waals surface area contributed by atoms with Crippen LogP contribution in [0.5, 0.6) is 0 Å². The Hall–Kier alpha value is -3.36. The van der Waals surface area contributed by atoms with Crippen LogP contribution in [0.15, 0.2) is 102 Å². The number of fused-ring (bicyclic) bond motifs is 1. The second-order valence-corrected chi connectivity index (χ2v) is 11.0. The zero-order chi connectivity index (χ0) is 25.8. The first-order valence-electron chi connectivity index (χ1n) is 11.2. The molecule has 5 nitrogen and oxygen atoms in total. The molecule has 1 aromatic heterocycles. The van der Waals surface area contributed by atoms with E-state index in [0.29, 0.717) is 21.4 Å². The number of aromatic nitrogens is 1. The molecule has 0 saturated carbocycles. The summed E-state index contributed by atoms with van der Waals surface area (Å²) >= 11 is 14.9. The Kier molecular flexibility index (Phi) is 7.76. The summed E-state index contributed by atoms with van der Waals surface area (Å²) in [6.07, 6.45) is 0. The first-order valence-corrected chi connectivity index (χ1v) is 13.7. The Balaban J connectivity index is 1.32. The Labute approximate surface area is 231 Å². The van der Waals surface area contributed by atoms with Gasteiger partial charge < -0.3 is 10.6 Å². The number of carbonyl (C=O) groups excluding carboxylic acids is 2. The van der Waals surface area contributed by atoms with Gasteiger partial charge in [0, 0.05) is 15.6 Å². The molecule has 37 heavy (non-hydrogen) atoms. The molecule has 5 aromatic rings. The molecule has 0 aliphatic heterocycles. The molecule has 5 rings (SSSR count). The number of thioether (sulfide) groups is 1. The Bertz CT molecular complexity index is 1540. The van der Waals surface area contributed by atoms with Gasteiger partial charge in [-0.15, -0.1) is 11.8 Å². The predicted octanol–water partition coefficient (Wildman–Crippen LogP) is 8.33. The average molecular weight is 565 g/mol. The average Bonchev–Trinajstić information content (AvgIpc) is 3.31. The van der Waals surface area contributed by atoms with Gasteiger partial charge in [-0.3, -0.25) is 9.59 Å². The summed E-state index contributed by atoms with van der Waals surface area (Å²) in [7, 11) is 0. The highest BCUT2D eigenvalue weighted by Gasteiger charge is 2.23. The van der Waals surface area contributed by atoms with Gasteiger partial charge in [-0.05, 0) is 60.2 Å². The van der Waals surface area contributed by atoms with Crippen LogP contribution in [0.2, 0.25) is 10.0 Å². The van der Waals surface area contributed by atoms with Crippen molar-refractivity contribution in [3.05, 3.63) is 118 Å². The lowest BCUT2D eigenvalue weighted by atomic mass is 10.1. The molecular formula is C28H19Cl2N3O2S2. The normalized spacial score (nSPS) is 11.7. The number of nitrogens with one attached hydrogen (secondary N) is 2. The highest BCUT2D eigenvalue weighted by Crippen LogP contribution is 2.37. The van der Waals surface area contributed by atoms with Crippen LogP contribution < -0.4 is 10.6 Å². The van der Waals surface area contributed by atoms with E-state index in [4.69, 9.17) is 23.2 Å². The molecular weight excluding hydrogens is 545 g/mol. The molecule has 4 aromatic carbocycles. The maximum absolute atomic E-state index is 13.4. The van der Waals surface area contributed by atoms with E-state index in [2.05, 4.69) is 15.6 Å². The minimum atomic E-state index is -0.499. The SMILES string of the molecule is O=C(Nc1ccc(SC(C(=O)Nc2nc3ccccc3s2)c2ccccc2)cc1)c1ccc(Cl)cc1Cl. The summed E-state index contributed by atoms with van der Waals surface area (Å²) < 4.78 is 1.01. The number of rotatable bonds is 7.